The van der Waals surface area contributed by atoms with E-state index in [1.54, 1.807) is 36.4 Å². The first-order valence-electron chi connectivity index (χ1n) is 7.76. The number of halogens is 2. The number of benzene rings is 2. The Balaban J connectivity index is 1.60. The van der Waals surface area contributed by atoms with E-state index in [-0.39, 0.29) is 17.4 Å². The third kappa shape index (κ3) is 5.06. The van der Waals surface area contributed by atoms with Gasteiger partial charge >= 0.3 is 0 Å². The van der Waals surface area contributed by atoms with Gasteiger partial charge in [0.05, 0.1) is 16.6 Å². The second-order valence-corrected chi connectivity index (χ2v) is 8.33. The molecule has 0 spiro atoms. The summed E-state index contributed by atoms with van der Waals surface area (Å²) in [4.78, 5) is 12.8. The highest BCUT2D eigenvalue weighted by molar-refractivity contribution is 9.10. The summed E-state index contributed by atoms with van der Waals surface area (Å²) >= 11 is 9.31. The molecule has 0 aliphatic rings. The monoisotopic (exact) mass is 451 g/mol. The Labute approximate surface area is 167 Å². The molecule has 134 valence electrons. The minimum Gasteiger partial charge on any atom is -0.455 e. The second kappa shape index (κ2) is 8.66. The van der Waals surface area contributed by atoms with E-state index in [9.17, 15) is 9.00 Å². The Morgan fingerprint density at radius 2 is 1.92 bits per heavy atom. The molecule has 0 aliphatic heterocycles. The number of rotatable bonds is 6. The molecule has 3 aromatic rings. The number of amides is 1. The molecule has 0 saturated heterocycles. The van der Waals surface area contributed by atoms with E-state index in [4.69, 9.17) is 16.0 Å². The van der Waals surface area contributed by atoms with Crippen molar-refractivity contribution >= 4 is 44.2 Å². The van der Waals surface area contributed by atoms with Gasteiger partial charge in [-0.25, -0.2) is 0 Å². The highest BCUT2D eigenvalue weighted by Crippen LogP contribution is 2.18. The van der Waals surface area contributed by atoms with Crippen molar-refractivity contribution < 1.29 is 13.4 Å². The molecule has 4 nitrogen and oxygen atoms in total. The molecule has 1 N–H and O–H groups in total. The van der Waals surface area contributed by atoms with Gasteiger partial charge in [0.15, 0.2) is 5.76 Å². The number of furan rings is 1. The van der Waals surface area contributed by atoms with Crippen LogP contribution in [0.15, 0.2) is 74.4 Å². The maximum Gasteiger partial charge on any atom is 0.287 e. The first-order chi connectivity index (χ1) is 12.5. The summed E-state index contributed by atoms with van der Waals surface area (Å²) < 4.78 is 18.9. The molecular weight excluding hydrogens is 438 g/mol. The molecule has 1 unspecified atom stereocenters. The number of hydrogen-bond acceptors (Lipinski definition) is 3. The van der Waals surface area contributed by atoms with Gasteiger partial charge in [-0.05, 0) is 48.0 Å². The summed E-state index contributed by atoms with van der Waals surface area (Å²) in [6, 6.07) is 17.8. The predicted molar refractivity (Wildman–Crippen MR) is 106 cm³/mol. The van der Waals surface area contributed by atoms with Crippen LogP contribution in [0.1, 0.15) is 21.9 Å². The smallest absolute Gasteiger partial charge is 0.287 e. The van der Waals surface area contributed by atoms with Gasteiger partial charge in [-0.1, -0.05) is 45.7 Å². The van der Waals surface area contributed by atoms with Crippen molar-refractivity contribution in [1.29, 1.82) is 0 Å². The average Bonchev–Trinajstić information content (AvgIpc) is 3.08. The molecule has 0 fully saturated rings. The normalized spacial score (nSPS) is 11.9. The van der Waals surface area contributed by atoms with Gasteiger partial charge < -0.3 is 9.73 Å². The minimum absolute atomic E-state index is 0.180. The predicted octanol–water partition coefficient (Wildman–Crippen LogP) is 4.93. The maximum atomic E-state index is 12.4. The molecule has 26 heavy (non-hydrogen) atoms. The zero-order chi connectivity index (χ0) is 18.5. The molecule has 1 amide bonds. The van der Waals surface area contributed by atoms with Crippen LogP contribution in [0, 0.1) is 0 Å². The van der Waals surface area contributed by atoms with Crippen molar-refractivity contribution in [2.75, 3.05) is 0 Å². The molecule has 1 heterocycles. The number of carbonyl (C=O) groups is 1. The second-order valence-electron chi connectivity index (χ2n) is 5.53. The van der Waals surface area contributed by atoms with Gasteiger partial charge in [-0.3, -0.25) is 9.00 Å². The summed E-state index contributed by atoms with van der Waals surface area (Å²) in [5.74, 6) is 0.540. The van der Waals surface area contributed by atoms with E-state index in [2.05, 4.69) is 21.2 Å². The molecule has 0 bridgehead atoms. The standard InChI is InChI=1S/C19H15BrClNO3S/c20-14-4-1-3-13(9-14)11-22-19(23)18-8-7-16(25-18)12-26(24)17-6-2-5-15(21)10-17/h1-10H,11-12H2,(H,22,23). The lowest BCUT2D eigenvalue weighted by Gasteiger charge is -2.04. The zero-order valence-corrected chi connectivity index (χ0v) is 16.7. The highest BCUT2D eigenvalue weighted by Gasteiger charge is 2.14. The molecule has 3 rings (SSSR count). The fourth-order valence-corrected chi connectivity index (χ4v) is 4.09. The van der Waals surface area contributed by atoms with Crippen LogP contribution in [0.4, 0.5) is 0 Å². The number of carbonyl (C=O) groups excluding carboxylic acids is 1. The van der Waals surface area contributed by atoms with E-state index in [1.165, 1.54) is 0 Å². The van der Waals surface area contributed by atoms with Crippen LogP contribution in [-0.2, 0) is 23.1 Å². The fourth-order valence-electron chi connectivity index (χ4n) is 2.32. The van der Waals surface area contributed by atoms with Crippen LogP contribution < -0.4 is 5.32 Å². The van der Waals surface area contributed by atoms with Gasteiger partial charge in [0.1, 0.15) is 5.76 Å². The van der Waals surface area contributed by atoms with Crippen LogP contribution >= 0.6 is 27.5 Å². The van der Waals surface area contributed by atoms with E-state index in [1.807, 2.05) is 24.3 Å². The Morgan fingerprint density at radius 1 is 1.12 bits per heavy atom. The number of nitrogens with one attached hydrogen (secondary N) is 1. The van der Waals surface area contributed by atoms with Gasteiger partial charge in [-0.15, -0.1) is 0 Å². The lowest BCUT2D eigenvalue weighted by atomic mass is 10.2. The van der Waals surface area contributed by atoms with Crippen molar-refractivity contribution in [2.45, 2.75) is 17.2 Å². The molecular formula is C19H15BrClNO3S. The summed E-state index contributed by atoms with van der Waals surface area (Å²) in [6.45, 7) is 0.392. The SMILES string of the molecule is O=C(NCc1cccc(Br)c1)c1ccc(CS(=O)c2cccc(Cl)c2)o1. The first kappa shape index (κ1) is 18.9. The molecule has 2 aromatic carbocycles. The van der Waals surface area contributed by atoms with Crippen molar-refractivity contribution in [3.63, 3.8) is 0 Å². The topological polar surface area (TPSA) is 59.3 Å². The van der Waals surface area contributed by atoms with Gasteiger partial charge in [0.25, 0.3) is 5.91 Å². The molecule has 7 heteroatoms. The van der Waals surface area contributed by atoms with E-state index in [0.29, 0.717) is 22.2 Å². The Kier molecular flexibility index (Phi) is 6.29. The summed E-state index contributed by atoms with van der Waals surface area (Å²) in [5.41, 5.74) is 0.974. The van der Waals surface area contributed by atoms with Crippen molar-refractivity contribution in [1.82, 2.24) is 5.32 Å². The van der Waals surface area contributed by atoms with E-state index < -0.39 is 10.8 Å². The third-order valence-corrected chi connectivity index (χ3v) is 5.61. The summed E-state index contributed by atoms with van der Waals surface area (Å²) in [7, 11) is -1.30. The first-order valence-corrected chi connectivity index (χ1v) is 10.3. The minimum atomic E-state index is -1.30. The van der Waals surface area contributed by atoms with E-state index >= 15 is 0 Å². The summed E-state index contributed by atoms with van der Waals surface area (Å²) in [5, 5.41) is 3.33. The van der Waals surface area contributed by atoms with Crippen LogP contribution in [0.5, 0.6) is 0 Å². The Hall–Kier alpha value is -1.89. The van der Waals surface area contributed by atoms with Crippen LogP contribution in [-0.4, -0.2) is 10.1 Å². The number of hydrogen-bond donors (Lipinski definition) is 1. The van der Waals surface area contributed by atoms with E-state index in [0.717, 1.165) is 10.0 Å². The molecule has 0 radical (unpaired) electrons. The quantitative estimate of drug-likeness (QED) is 0.577. The Morgan fingerprint density at radius 3 is 2.69 bits per heavy atom. The highest BCUT2D eigenvalue weighted by atomic mass is 79.9. The lowest BCUT2D eigenvalue weighted by molar-refractivity contribution is 0.0921. The zero-order valence-electron chi connectivity index (χ0n) is 13.6. The Bertz CT molecular complexity index is 957. The molecule has 0 aliphatic carbocycles. The van der Waals surface area contributed by atoms with Crippen molar-refractivity contribution in [3.05, 3.63) is 87.2 Å². The van der Waals surface area contributed by atoms with Gasteiger partial charge in [0, 0.05) is 20.9 Å². The van der Waals surface area contributed by atoms with Crippen LogP contribution in [0.25, 0.3) is 0 Å². The molecule has 0 saturated carbocycles. The average molecular weight is 453 g/mol. The maximum absolute atomic E-state index is 12.4. The fraction of sp³-hybridized carbons (Fsp3) is 0.105. The van der Waals surface area contributed by atoms with Crippen molar-refractivity contribution in [3.8, 4) is 0 Å². The van der Waals surface area contributed by atoms with Crippen LogP contribution in [0.2, 0.25) is 5.02 Å². The van der Waals surface area contributed by atoms with Crippen molar-refractivity contribution in [2.24, 2.45) is 0 Å². The van der Waals surface area contributed by atoms with Gasteiger partial charge in [-0.2, -0.15) is 0 Å². The third-order valence-electron chi connectivity index (χ3n) is 3.56. The van der Waals surface area contributed by atoms with Crippen LogP contribution in [0.3, 0.4) is 0 Å². The lowest BCUT2D eigenvalue weighted by Crippen LogP contribution is -2.22. The summed E-state index contributed by atoms with van der Waals surface area (Å²) in [6.07, 6.45) is 0. The largest absolute Gasteiger partial charge is 0.455 e. The van der Waals surface area contributed by atoms with Gasteiger partial charge in [0.2, 0.25) is 0 Å². The molecule has 1 aromatic heterocycles. The molecule has 1 atom stereocenters.